The minimum absolute atomic E-state index is 0.0128. The van der Waals surface area contributed by atoms with E-state index in [0.29, 0.717) is 32.5 Å². The second-order valence-corrected chi connectivity index (χ2v) is 6.89. The molecule has 0 aromatic rings. The zero-order valence-electron chi connectivity index (χ0n) is 13.2. The monoisotopic (exact) mass is 298 g/mol. The number of hydrogen-bond acceptors (Lipinski definition) is 4. The summed E-state index contributed by atoms with van der Waals surface area (Å²) in [6.45, 7) is 7.25. The lowest BCUT2D eigenvalue weighted by Crippen LogP contribution is -2.60. The van der Waals surface area contributed by atoms with Crippen LogP contribution in [0.2, 0.25) is 0 Å². The Labute approximate surface area is 126 Å². The van der Waals surface area contributed by atoms with E-state index in [9.17, 15) is 14.7 Å². The van der Waals surface area contributed by atoms with Crippen LogP contribution in [0.25, 0.3) is 0 Å². The topological polar surface area (TPSA) is 70.1 Å². The van der Waals surface area contributed by atoms with Crippen LogP contribution in [0.1, 0.15) is 46.5 Å². The number of hydrogen-bond donors (Lipinski definition) is 1. The molecular formula is C15H26N2O4. The normalized spacial score (nSPS) is 26.9. The number of amides is 2. The molecule has 2 atom stereocenters. The van der Waals surface area contributed by atoms with Crippen molar-refractivity contribution < 1.29 is 19.4 Å². The van der Waals surface area contributed by atoms with Crippen LogP contribution in [-0.2, 0) is 9.53 Å². The summed E-state index contributed by atoms with van der Waals surface area (Å²) in [5.41, 5.74) is -0.549. The van der Waals surface area contributed by atoms with Crippen LogP contribution < -0.4 is 0 Å². The van der Waals surface area contributed by atoms with Gasteiger partial charge >= 0.3 is 6.09 Å². The Balaban J connectivity index is 1.92. The van der Waals surface area contributed by atoms with Gasteiger partial charge in [0, 0.05) is 19.6 Å². The highest BCUT2D eigenvalue weighted by Crippen LogP contribution is 2.24. The third-order valence-corrected chi connectivity index (χ3v) is 3.94. The van der Waals surface area contributed by atoms with E-state index in [0.717, 1.165) is 12.8 Å². The second kappa shape index (κ2) is 6.22. The minimum Gasteiger partial charge on any atom is -0.444 e. The van der Waals surface area contributed by atoms with Gasteiger partial charge in [-0.1, -0.05) is 0 Å². The largest absolute Gasteiger partial charge is 0.444 e. The van der Waals surface area contributed by atoms with E-state index in [1.165, 1.54) is 4.90 Å². The predicted molar refractivity (Wildman–Crippen MR) is 77.8 cm³/mol. The van der Waals surface area contributed by atoms with Gasteiger partial charge in [-0.3, -0.25) is 9.69 Å². The van der Waals surface area contributed by atoms with Gasteiger partial charge in [0.1, 0.15) is 11.6 Å². The standard InChI is InChI=1S/C15H26N2O4/c1-15(2,3)21-14(20)17-10-7-12(17)13(19)16-8-4-5-11(18)6-9-16/h11-12,18H,4-10H2,1-3H3/t11-,12+/m0/s1. The number of aliphatic hydroxyl groups is 1. The summed E-state index contributed by atoms with van der Waals surface area (Å²) < 4.78 is 5.33. The number of nitrogens with zero attached hydrogens (tertiary/aromatic N) is 2. The molecule has 0 unspecified atom stereocenters. The third-order valence-electron chi connectivity index (χ3n) is 3.94. The molecule has 2 fully saturated rings. The maximum Gasteiger partial charge on any atom is 0.410 e. The molecule has 2 rings (SSSR count). The molecule has 2 aliphatic rings. The van der Waals surface area contributed by atoms with Crippen molar-refractivity contribution in [2.45, 2.75) is 64.2 Å². The number of likely N-dealkylation sites (tertiary alicyclic amines) is 2. The van der Waals surface area contributed by atoms with Gasteiger partial charge in [0.2, 0.25) is 5.91 Å². The van der Waals surface area contributed by atoms with E-state index in [1.807, 2.05) is 20.8 Å². The molecule has 0 aromatic carbocycles. The fraction of sp³-hybridized carbons (Fsp3) is 0.867. The number of carbonyl (C=O) groups is 2. The summed E-state index contributed by atoms with van der Waals surface area (Å²) in [5.74, 6) is -0.0128. The van der Waals surface area contributed by atoms with Crippen LogP contribution in [0.15, 0.2) is 0 Å². The molecule has 21 heavy (non-hydrogen) atoms. The van der Waals surface area contributed by atoms with Gasteiger partial charge in [0.25, 0.3) is 0 Å². The maximum absolute atomic E-state index is 12.5. The lowest BCUT2D eigenvalue weighted by atomic mass is 10.0. The summed E-state index contributed by atoms with van der Waals surface area (Å²) in [7, 11) is 0. The molecule has 2 saturated heterocycles. The van der Waals surface area contributed by atoms with Crippen LogP contribution in [0.5, 0.6) is 0 Å². The highest BCUT2D eigenvalue weighted by molar-refractivity contribution is 5.87. The highest BCUT2D eigenvalue weighted by Gasteiger charge is 2.41. The van der Waals surface area contributed by atoms with Crippen molar-refractivity contribution in [3.8, 4) is 0 Å². The molecule has 0 saturated carbocycles. The van der Waals surface area contributed by atoms with Crippen LogP contribution in [0.4, 0.5) is 4.79 Å². The van der Waals surface area contributed by atoms with Gasteiger partial charge in [-0.05, 0) is 46.5 Å². The lowest BCUT2D eigenvalue weighted by Gasteiger charge is -2.42. The zero-order chi connectivity index (χ0) is 15.6. The molecule has 0 aliphatic carbocycles. The van der Waals surface area contributed by atoms with Gasteiger partial charge in [-0.2, -0.15) is 0 Å². The first-order valence-corrected chi connectivity index (χ1v) is 7.74. The van der Waals surface area contributed by atoms with Crippen molar-refractivity contribution >= 4 is 12.0 Å². The molecule has 0 radical (unpaired) electrons. The molecule has 0 bridgehead atoms. The molecule has 120 valence electrons. The smallest absolute Gasteiger partial charge is 0.410 e. The van der Waals surface area contributed by atoms with Crippen molar-refractivity contribution in [2.24, 2.45) is 0 Å². The van der Waals surface area contributed by atoms with Crippen molar-refractivity contribution in [2.75, 3.05) is 19.6 Å². The van der Waals surface area contributed by atoms with E-state index in [-0.39, 0.29) is 12.0 Å². The van der Waals surface area contributed by atoms with Gasteiger partial charge in [-0.15, -0.1) is 0 Å². The average molecular weight is 298 g/mol. The Morgan fingerprint density at radius 3 is 2.38 bits per heavy atom. The molecule has 2 amide bonds. The van der Waals surface area contributed by atoms with Gasteiger partial charge < -0.3 is 14.7 Å². The number of aliphatic hydroxyl groups excluding tert-OH is 1. The van der Waals surface area contributed by atoms with E-state index in [4.69, 9.17) is 4.74 Å². The van der Waals surface area contributed by atoms with E-state index >= 15 is 0 Å². The summed E-state index contributed by atoms with van der Waals surface area (Å²) >= 11 is 0. The molecule has 2 aliphatic heterocycles. The third kappa shape index (κ3) is 4.09. The Morgan fingerprint density at radius 2 is 1.81 bits per heavy atom. The summed E-state index contributed by atoms with van der Waals surface area (Å²) in [6.07, 6.45) is 2.13. The second-order valence-electron chi connectivity index (χ2n) is 6.89. The molecule has 2 heterocycles. The van der Waals surface area contributed by atoms with Crippen molar-refractivity contribution in [1.82, 2.24) is 9.80 Å². The Kier molecular flexibility index (Phi) is 4.76. The maximum atomic E-state index is 12.5. The fourth-order valence-electron chi connectivity index (χ4n) is 2.69. The van der Waals surface area contributed by atoms with Crippen molar-refractivity contribution in [1.29, 1.82) is 0 Å². The Bertz CT molecular complexity index is 405. The SMILES string of the molecule is CC(C)(C)OC(=O)N1CC[C@@H]1C(=O)N1CCC[C@H](O)CC1. The van der Waals surface area contributed by atoms with Crippen molar-refractivity contribution in [3.63, 3.8) is 0 Å². The lowest BCUT2D eigenvalue weighted by molar-refractivity contribution is -0.141. The van der Waals surface area contributed by atoms with E-state index in [2.05, 4.69) is 0 Å². The molecule has 6 nitrogen and oxygen atoms in total. The summed E-state index contributed by atoms with van der Waals surface area (Å²) in [6, 6.07) is -0.393. The predicted octanol–water partition coefficient (Wildman–Crippen LogP) is 1.37. The number of rotatable bonds is 1. The van der Waals surface area contributed by atoms with E-state index < -0.39 is 17.7 Å². The van der Waals surface area contributed by atoms with Gasteiger partial charge in [0.15, 0.2) is 0 Å². The highest BCUT2D eigenvalue weighted by atomic mass is 16.6. The van der Waals surface area contributed by atoms with Crippen LogP contribution in [0.3, 0.4) is 0 Å². The van der Waals surface area contributed by atoms with Crippen LogP contribution in [-0.4, -0.2) is 64.3 Å². The summed E-state index contributed by atoms with van der Waals surface area (Å²) in [5, 5.41) is 9.64. The van der Waals surface area contributed by atoms with Crippen LogP contribution >= 0.6 is 0 Å². The molecular weight excluding hydrogens is 272 g/mol. The number of ether oxygens (including phenoxy) is 1. The first-order valence-electron chi connectivity index (χ1n) is 7.74. The van der Waals surface area contributed by atoms with Gasteiger partial charge in [0.05, 0.1) is 6.10 Å². The molecule has 6 heteroatoms. The Morgan fingerprint density at radius 1 is 1.10 bits per heavy atom. The zero-order valence-corrected chi connectivity index (χ0v) is 13.2. The van der Waals surface area contributed by atoms with Gasteiger partial charge in [-0.25, -0.2) is 4.79 Å². The minimum atomic E-state index is -0.549. The molecule has 0 aromatic heterocycles. The molecule has 1 N–H and O–H groups in total. The molecule has 0 spiro atoms. The van der Waals surface area contributed by atoms with E-state index in [1.54, 1.807) is 4.90 Å². The number of carbonyl (C=O) groups excluding carboxylic acids is 2. The van der Waals surface area contributed by atoms with Crippen molar-refractivity contribution in [3.05, 3.63) is 0 Å². The summed E-state index contributed by atoms with van der Waals surface area (Å²) in [4.78, 5) is 27.9. The van der Waals surface area contributed by atoms with Crippen LogP contribution in [0, 0.1) is 0 Å². The average Bonchev–Trinajstić information content (AvgIpc) is 2.49. The Hall–Kier alpha value is -1.30. The first kappa shape index (κ1) is 16.1. The quantitative estimate of drug-likeness (QED) is 0.794. The fourth-order valence-corrected chi connectivity index (χ4v) is 2.69. The first-order chi connectivity index (χ1) is 9.78.